The summed E-state index contributed by atoms with van der Waals surface area (Å²) in [7, 11) is 4.12. The quantitative estimate of drug-likeness (QED) is 0.713. The van der Waals surface area contributed by atoms with Gasteiger partial charge in [0.15, 0.2) is 0 Å². The fourth-order valence-corrected chi connectivity index (χ4v) is 2.62. The normalized spacial score (nSPS) is 11.9. The maximum absolute atomic E-state index is 4.08. The van der Waals surface area contributed by atoms with Gasteiger partial charge < -0.3 is 4.90 Å². The highest BCUT2D eigenvalue weighted by atomic mass is 15.1. The number of nitrogens with zero attached hydrogens (tertiary/aromatic N) is 2. The first-order chi connectivity index (χ1) is 10.7. The Hall–Kier alpha value is -2.55. The minimum Gasteiger partial charge on any atom is -0.378 e. The lowest BCUT2D eigenvalue weighted by Crippen LogP contribution is -2.08. The van der Waals surface area contributed by atoms with Crippen molar-refractivity contribution in [1.82, 2.24) is 10.2 Å². The zero-order chi connectivity index (χ0) is 15.5. The third kappa shape index (κ3) is 2.89. The lowest BCUT2D eigenvalue weighted by molar-refractivity contribution is 1.12. The van der Waals surface area contributed by atoms with Crippen molar-refractivity contribution in [3.8, 4) is 0 Å². The van der Waals surface area contributed by atoms with Crippen LogP contribution in [0.3, 0.4) is 0 Å². The first-order valence-electron chi connectivity index (χ1n) is 7.59. The molecule has 22 heavy (non-hydrogen) atoms. The molecule has 0 aliphatic carbocycles. The zero-order valence-corrected chi connectivity index (χ0v) is 13.3. The molecule has 3 heteroatoms. The molecular formula is C19H21N3. The molecule has 1 aromatic heterocycles. The van der Waals surface area contributed by atoms with Crippen molar-refractivity contribution in [2.24, 2.45) is 0 Å². The van der Waals surface area contributed by atoms with Crippen molar-refractivity contribution in [3.05, 3.63) is 59.8 Å². The largest absolute Gasteiger partial charge is 0.378 e. The molecule has 112 valence electrons. The SMILES string of the molecule is CC/C(=C\c1ccc2[nH]ncc2c1)c1ccc(N(C)C)cc1. The molecule has 3 aromatic rings. The monoisotopic (exact) mass is 291 g/mol. The van der Waals surface area contributed by atoms with Crippen molar-refractivity contribution in [1.29, 1.82) is 0 Å². The summed E-state index contributed by atoms with van der Waals surface area (Å²) in [6.07, 6.45) is 5.13. The molecule has 3 rings (SSSR count). The Morgan fingerprint density at radius 1 is 1.14 bits per heavy atom. The maximum Gasteiger partial charge on any atom is 0.0650 e. The summed E-state index contributed by atoms with van der Waals surface area (Å²) >= 11 is 0. The summed E-state index contributed by atoms with van der Waals surface area (Å²) < 4.78 is 0. The van der Waals surface area contributed by atoms with Gasteiger partial charge in [-0.15, -0.1) is 0 Å². The summed E-state index contributed by atoms with van der Waals surface area (Å²) in [6.45, 7) is 2.20. The van der Waals surface area contributed by atoms with Crippen LogP contribution in [-0.2, 0) is 0 Å². The van der Waals surface area contributed by atoms with Crippen LogP contribution < -0.4 is 4.90 Å². The fourth-order valence-electron chi connectivity index (χ4n) is 2.62. The standard InChI is InChI=1S/C19H21N3/c1-4-15(16-6-8-18(9-7-16)22(2)3)11-14-5-10-19-17(12-14)13-20-21-19/h5-13H,4H2,1-3H3,(H,20,21)/b15-11+. The highest BCUT2D eigenvalue weighted by molar-refractivity contribution is 5.86. The van der Waals surface area contributed by atoms with Gasteiger partial charge in [-0.3, -0.25) is 5.10 Å². The van der Waals surface area contributed by atoms with E-state index in [1.807, 2.05) is 6.20 Å². The van der Waals surface area contributed by atoms with Crippen LogP contribution in [0.15, 0.2) is 48.7 Å². The van der Waals surface area contributed by atoms with E-state index in [1.54, 1.807) is 0 Å². The summed E-state index contributed by atoms with van der Waals surface area (Å²) in [4.78, 5) is 2.12. The number of fused-ring (bicyclic) bond motifs is 1. The van der Waals surface area contributed by atoms with Crippen molar-refractivity contribution in [3.63, 3.8) is 0 Å². The van der Waals surface area contributed by atoms with Crippen LogP contribution in [0.4, 0.5) is 5.69 Å². The van der Waals surface area contributed by atoms with Gasteiger partial charge in [-0.05, 0) is 47.4 Å². The Bertz CT molecular complexity index is 795. The fraction of sp³-hybridized carbons (Fsp3) is 0.211. The van der Waals surface area contributed by atoms with Gasteiger partial charge in [-0.25, -0.2) is 0 Å². The van der Waals surface area contributed by atoms with Crippen LogP contribution in [0.5, 0.6) is 0 Å². The molecule has 0 bridgehead atoms. The smallest absolute Gasteiger partial charge is 0.0650 e. The number of benzene rings is 2. The molecule has 0 fully saturated rings. The highest BCUT2D eigenvalue weighted by Gasteiger charge is 2.03. The predicted octanol–water partition coefficient (Wildman–Crippen LogP) is 4.58. The van der Waals surface area contributed by atoms with Crippen molar-refractivity contribution < 1.29 is 0 Å². The topological polar surface area (TPSA) is 31.9 Å². The Morgan fingerprint density at radius 3 is 2.59 bits per heavy atom. The van der Waals surface area contributed by atoms with Crippen LogP contribution >= 0.6 is 0 Å². The summed E-state index contributed by atoms with van der Waals surface area (Å²) in [6, 6.07) is 15.1. The second-order valence-electron chi connectivity index (χ2n) is 5.68. The Labute approximate surface area is 131 Å². The van der Waals surface area contributed by atoms with E-state index in [9.17, 15) is 0 Å². The van der Waals surface area contributed by atoms with E-state index in [-0.39, 0.29) is 0 Å². The number of anilines is 1. The molecule has 0 unspecified atom stereocenters. The molecule has 2 aromatic carbocycles. The van der Waals surface area contributed by atoms with E-state index in [0.717, 1.165) is 17.3 Å². The predicted molar refractivity (Wildman–Crippen MR) is 95.0 cm³/mol. The Balaban J connectivity index is 1.94. The van der Waals surface area contributed by atoms with E-state index in [1.165, 1.54) is 22.4 Å². The van der Waals surface area contributed by atoms with Gasteiger partial charge in [-0.1, -0.05) is 31.2 Å². The van der Waals surface area contributed by atoms with Gasteiger partial charge in [0.1, 0.15) is 0 Å². The van der Waals surface area contributed by atoms with Crippen LogP contribution in [-0.4, -0.2) is 24.3 Å². The average molecular weight is 291 g/mol. The first-order valence-corrected chi connectivity index (χ1v) is 7.59. The van der Waals surface area contributed by atoms with E-state index >= 15 is 0 Å². The maximum atomic E-state index is 4.08. The van der Waals surface area contributed by atoms with Crippen molar-refractivity contribution >= 4 is 28.2 Å². The minimum absolute atomic E-state index is 1.00. The number of hydrogen-bond donors (Lipinski definition) is 1. The van der Waals surface area contributed by atoms with Crippen molar-refractivity contribution in [2.75, 3.05) is 19.0 Å². The van der Waals surface area contributed by atoms with Gasteiger partial charge in [0, 0.05) is 25.2 Å². The molecule has 1 heterocycles. The minimum atomic E-state index is 1.00. The molecule has 1 N–H and O–H groups in total. The molecule has 3 nitrogen and oxygen atoms in total. The van der Waals surface area contributed by atoms with Crippen LogP contribution in [0.25, 0.3) is 22.6 Å². The van der Waals surface area contributed by atoms with E-state index in [0.29, 0.717) is 0 Å². The van der Waals surface area contributed by atoms with Gasteiger partial charge in [-0.2, -0.15) is 5.10 Å². The molecular weight excluding hydrogens is 270 g/mol. The van der Waals surface area contributed by atoms with E-state index in [4.69, 9.17) is 0 Å². The molecule has 0 aliphatic rings. The van der Waals surface area contributed by atoms with E-state index < -0.39 is 0 Å². The number of aromatic amines is 1. The van der Waals surface area contributed by atoms with Gasteiger partial charge in [0.05, 0.1) is 11.7 Å². The number of allylic oxidation sites excluding steroid dienone is 1. The van der Waals surface area contributed by atoms with Gasteiger partial charge >= 0.3 is 0 Å². The Kier molecular flexibility index (Phi) is 3.96. The molecule has 0 saturated heterocycles. The molecule has 0 aliphatic heterocycles. The van der Waals surface area contributed by atoms with Crippen LogP contribution in [0.2, 0.25) is 0 Å². The third-order valence-electron chi connectivity index (χ3n) is 3.94. The number of aromatic nitrogens is 2. The average Bonchev–Trinajstić information content (AvgIpc) is 3.00. The lowest BCUT2D eigenvalue weighted by Gasteiger charge is -2.13. The lowest BCUT2D eigenvalue weighted by atomic mass is 10.00. The second-order valence-corrected chi connectivity index (χ2v) is 5.68. The zero-order valence-electron chi connectivity index (χ0n) is 13.3. The number of nitrogens with one attached hydrogen (secondary N) is 1. The van der Waals surface area contributed by atoms with Crippen LogP contribution in [0, 0.1) is 0 Å². The molecule has 0 saturated carbocycles. The number of hydrogen-bond acceptors (Lipinski definition) is 2. The number of rotatable bonds is 4. The summed E-state index contributed by atoms with van der Waals surface area (Å²) in [5.74, 6) is 0. The summed E-state index contributed by atoms with van der Waals surface area (Å²) in [5.41, 5.74) is 6.13. The van der Waals surface area contributed by atoms with Crippen molar-refractivity contribution in [2.45, 2.75) is 13.3 Å². The summed E-state index contributed by atoms with van der Waals surface area (Å²) in [5, 5.41) is 8.21. The number of H-pyrrole nitrogens is 1. The molecule has 0 amide bonds. The highest BCUT2D eigenvalue weighted by Crippen LogP contribution is 2.25. The molecule has 0 atom stereocenters. The first kappa shape index (κ1) is 14.4. The second kappa shape index (κ2) is 6.06. The van der Waals surface area contributed by atoms with Gasteiger partial charge in [0.2, 0.25) is 0 Å². The Morgan fingerprint density at radius 2 is 1.91 bits per heavy atom. The molecule has 0 radical (unpaired) electrons. The third-order valence-corrected chi connectivity index (χ3v) is 3.94. The molecule has 0 spiro atoms. The van der Waals surface area contributed by atoms with E-state index in [2.05, 4.69) is 84.7 Å². The van der Waals surface area contributed by atoms with Crippen LogP contribution in [0.1, 0.15) is 24.5 Å². The van der Waals surface area contributed by atoms with Gasteiger partial charge in [0.25, 0.3) is 0 Å².